The molecular weight excluding hydrogens is 358 g/mol. The number of rotatable bonds is 6. The molecular formula is C21H31N3O4. The van der Waals surface area contributed by atoms with Crippen LogP contribution in [0.5, 0.6) is 5.75 Å². The summed E-state index contributed by atoms with van der Waals surface area (Å²) in [5.74, 6) is 0.887. The van der Waals surface area contributed by atoms with Crippen LogP contribution in [0.1, 0.15) is 20.3 Å². The summed E-state index contributed by atoms with van der Waals surface area (Å²) >= 11 is 0. The van der Waals surface area contributed by atoms with Crippen LogP contribution in [-0.4, -0.2) is 69.3 Å². The zero-order chi connectivity index (χ0) is 20.1. The quantitative estimate of drug-likeness (QED) is 0.799. The number of nitrogens with zero attached hydrogens (tertiary/aromatic N) is 2. The summed E-state index contributed by atoms with van der Waals surface area (Å²) in [5.41, 5.74) is 1.07. The third-order valence-electron chi connectivity index (χ3n) is 5.48. The molecule has 0 spiro atoms. The van der Waals surface area contributed by atoms with E-state index in [4.69, 9.17) is 9.47 Å². The molecule has 0 radical (unpaired) electrons. The highest BCUT2D eigenvalue weighted by Crippen LogP contribution is 2.29. The highest BCUT2D eigenvalue weighted by Gasteiger charge is 2.35. The van der Waals surface area contributed by atoms with Crippen molar-refractivity contribution in [3.8, 4) is 5.75 Å². The normalized spacial score (nSPS) is 22.4. The Morgan fingerprint density at radius 3 is 2.61 bits per heavy atom. The van der Waals surface area contributed by atoms with E-state index in [1.54, 1.807) is 7.11 Å². The second kappa shape index (κ2) is 9.28. The molecule has 2 saturated heterocycles. The van der Waals surface area contributed by atoms with E-state index in [2.05, 4.69) is 16.3 Å². The maximum atomic E-state index is 12.9. The minimum absolute atomic E-state index is 0.0193. The van der Waals surface area contributed by atoms with E-state index < -0.39 is 0 Å². The van der Waals surface area contributed by atoms with Crippen LogP contribution in [0.4, 0.5) is 5.69 Å². The molecule has 0 bridgehead atoms. The number of ether oxygens (including phenoxy) is 2. The van der Waals surface area contributed by atoms with Crippen molar-refractivity contribution in [2.45, 2.75) is 26.4 Å². The standard InChI is InChI=1S/C21H31N3O4/c1-15(2)20(25)22-13-17-12-16(14-28-17)21(26)24-10-8-23(9-11-24)18-6-4-5-7-19(18)27-3/h4-7,15-17H,8-14H2,1-3H3,(H,22,25)/t16-,17-/m0/s1. The lowest BCUT2D eigenvalue weighted by Gasteiger charge is -2.37. The summed E-state index contributed by atoms with van der Waals surface area (Å²) in [5, 5.41) is 2.89. The van der Waals surface area contributed by atoms with Crippen molar-refractivity contribution in [3.63, 3.8) is 0 Å². The van der Waals surface area contributed by atoms with Gasteiger partial charge in [-0.1, -0.05) is 26.0 Å². The fraction of sp³-hybridized carbons (Fsp3) is 0.619. The molecule has 2 aliphatic heterocycles. The zero-order valence-corrected chi connectivity index (χ0v) is 17.0. The molecule has 2 amide bonds. The van der Waals surface area contributed by atoms with E-state index in [1.165, 1.54) is 0 Å². The molecule has 7 heteroatoms. The molecule has 0 unspecified atom stereocenters. The summed E-state index contributed by atoms with van der Waals surface area (Å²) in [6.45, 7) is 7.60. The van der Waals surface area contributed by atoms with Gasteiger partial charge in [-0.25, -0.2) is 0 Å². The van der Waals surface area contributed by atoms with Gasteiger partial charge in [0.25, 0.3) is 0 Å². The fourth-order valence-corrected chi connectivity index (χ4v) is 3.76. The summed E-state index contributed by atoms with van der Waals surface area (Å²) in [7, 11) is 1.68. The number of carbonyl (C=O) groups excluding carboxylic acids is 2. The Kier molecular flexibility index (Phi) is 6.78. The van der Waals surface area contributed by atoms with E-state index in [-0.39, 0.29) is 29.8 Å². The number of anilines is 1. The average molecular weight is 389 g/mol. The minimum atomic E-state index is -0.112. The lowest BCUT2D eigenvalue weighted by Crippen LogP contribution is -2.50. The van der Waals surface area contributed by atoms with Gasteiger partial charge in [-0.05, 0) is 18.6 Å². The van der Waals surface area contributed by atoms with Gasteiger partial charge in [0, 0.05) is 38.6 Å². The lowest BCUT2D eigenvalue weighted by molar-refractivity contribution is -0.135. The van der Waals surface area contributed by atoms with Gasteiger partial charge in [-0.2, -0.15) is 0 Å². The molecule has 0 aliphatic carbocycles. The SMILES string of the molecule is COc1ccccc1N1CCN(C(=O)[C@@H]2CO[C@H](CNC(=O)C(C)C)C2)CC1. The van der Waals surface area contributed by atoms with E-state index in [1.807, 2.05) is 36.9 Å². The number of para-hydroxylation sites is 2. The Balaban J connectivity index is 1.47. The van der Waals surface area contributed by atoms with E-state index in [0.29, 0.717) is 32.7 Å². The molecule has 1 aromatic rings. The van der Waals surface area contributed by atoms with E-state index >= 15 is 0 Å². The Labute approximate surface area is 167 Å². The van der Waals surface area contributed by atoms with Crippen LogP contribution >= 0.6 is 0 Å². The van der Waals surface area contributed by atoms with Crippen molar-refractivity contribution in [2.24, 2.45) is 11.8 Å². The van der Waals surface area contributed by atoms with Crippen LogP contribution < -0.4 is 15.0 Å². The van der Waals surface area contributed by atoms with Crippen molar-refractivity contribution in [1.82, 2.24) is 10.2 Å². The van der Waals surface area contributed by atoms with Gasteiger partial charge in [0.05, 0.1) is 31.4 Å². The van der Waals surface area contributed by atoms with Gasteiger partial charge in [0.2, 0.25) is 11.8 Å². The number of hydrogen-bond acceptors (Lipinski definition) is 5. The van der Waals surface area contributed by atoms with Gasteiger partial charge in [-0.15, -0.1) is 0 Å². The monoisotopic (exact) mass is 389 g/mol. The van der Waals surface area contributed by atoms with Crippen molar-refractivity contribution in [2.75, 3.05) is 51.3 Å². The van der Waals surface area contributed by atoms with Crippen LogP contribution in [0.2, 0.25) is 0 Å². The van der Waals surface area contributed by atoms with Crippen molar-refractivity contribution >= 4 is 17.5 Å². The first-order valence-corrected chi connectivity index (χ1v) is 10.1. The highest BCUT2D eigenvalue weighted by molar-refractivity contribution is 5.80. The summed E-state index contributed by atoms with van der Waals surface area (Å²) in [6, 6.07) is 7.98. The molecule has 2 aliphatic rings. The molecule has 1 N–H and O–H groups in total. The van der Waals surface area contributed by atoms with Crippen molar-refractivity contribution in [1.29, 1.82) is 0 Å². The average Bonchev–Trinajstić information content (AvgIpc) is 3.20. The highest BCUT2D eigenvalue weighted by atomic mass is 16.5. The number of piperazine rings is 1. The van der Waals surface area contributed by atoms with Gasteiger partial charge in [-0.3, -0.25) is 9.59 Å². The summed E-state index contributed by atoms with van der Waals surface area (Å²) < 4.78 is 11.2. The molecule has 2 atom stereocenters. The van der Waals surface area contributed by atoms with Crippen LogP contribution in [-0.2, 0) is 14.3 Å². The van der Waals surface area contributed by atoms with Crippen LogP contribution in [0.3, 0.4) is 0 Å². The largest absolute Gasteiger partial charge is 0.495 e. The van der Waals surface area contributed by atoms with Gasteiger partial charge in [0.15, 0.2) is 0 Å². The smallest absolute Gasteiger partial charge is 0.228 e. The first-order valence-electron chi connectivity index (χ1n) is 10.1. The third-order valence-corrected chi connectivity index (χ3v) is 5.48. The van der Waals surface area contributed by atoms with Crippen LogP contribution in [0.25, 0.3) is 0 Å². The maximum Gasteiger partial charge on any atom is 0.228 e. The number of hydrogen-bond donors (Lipinski definition) is 1. The Morgan fingerprint density at radius 1 is 1.21 bits per heavy atom. The van der Waals surface area contributed by atoms with Crippen LogP contribution in [0, 0.1) is 11.8 Å². The number of amides is 2. The first kappa shape index (κ1) is 20.5. The lowest BCUT2D eigenvalue weighted by atomic mass is 10.0. The molecule has 1 aromatic carbocycles. The number of benzene rings is 1. The number of carbonyl (C=O) groups is 2. The van der Waals surface area contributed by atoms with Gasteiger partial charge < -0.3 is 24.6 Å². The van der Waals surface area contributed by atoms with Crippen molar-refractivity contribution < 1.29 is 19.1 Å². The zero-order valence-electron chi connectivity index (χ0n) is 17.0. The predicted octanol–water partition coefficient (Wildman–Crippen LogP) is 1.52. The van der Waals surface area contributed by atoms with E-state index in [0.717, 1.165) is 24.5 Å². The molecule has 28 heavy (non-hydrogen) atoms. The third kappa shape index (κ3) is 4.76. The second-order valence-electron chi connectivity index (χ2n) is 7.77. The van der Waals surface area contributed by atoms with E-state index in [9.17, 15) is 9.59 Å². The van der Waals surface area contributed by atoms with Gasteiger partial charge in [0.1, 0.15) is 5.75 Å². The Morgan fingerprint density at radius 2 is 1.93 bits per heavy atom. The van der Waals surface area contributed by atoms with Gasteiger partial charge >= 0.3 is 0 Å². The van der Waals surface area contributed by atoms with Crippen LogP contribution in [0.15, 0.2) is 24.3 Å². The molecule has 0 aromatic heterocycles. The molecule has 154 valence electrons. The molecule has 3 rings (SSSR count). The predicted molar refractivity (Wildman–Crippen MR) is 107 cm³/mol. The Bertz CT molecular complexity index is 686. The van der Waals surface area contributed by atoms with Crippen molar-refractivity contribution in [3.05, 3.63) is 24.3 Å². The molecule has 7 nitrogen and oxygen atoms in total. The first-order chi connectivity index (χ1) is 13.5. The Hall–Kier alpha value is -2.28. The summed E-state index contributed by atoms with van der Waals surface area (Å²) in [4.78, 5) is 28.8. The number of nitrogens with one attached hydrogen (secondary N) is 1. The minimum Gasteiger partial charge on any atom is -0.495 e. The summed E-state index contributed by atoms with van der Waals surface area (Å²) in [6.07, 6.45) is 0.593. The molecule has 2 heterocycles. The number of methoxy groups -OCH3 is 1. The fourth-order valence-electron chi connectivity index (χ4n) is 3.76. The molecule has 0 saturated carbocycles. The maximum absolute atomic E-state index is 12.9. The second-order valence-corrected chi connectivity index (χ2v) is 7.77. The topological polar surface area (TPSA) is 71.1 Å². The molecule has 2 fully saturated rings.